The van der Waals surface area contributed by atoms with Gasteiger partial charge in [0.05, 0.1) is 22.5 Å². The van der Waals surface area contributed by atoms with E-state index >= 15 is 0 Å². The van der Waals surface area contributed by atoms with E-state index in [0.29, 0.717) is 34.7 Å². The lowest BCUT2D eigenvalue weighted by Gasteiger charge is -2.28. The molecule has 0 radical (unpaired) electrons. The molecule has 54 heavy (non-hydrogen) atoms. The fourth-order valence-electron chi connectivity index (χ4n) is 4.92. The zero-order chi connectivity index (χ0) is 40.2. The molecular weight excluding hydrogens is 715 g/mol. The first-order valence-electron chi connectivity index (χ1n) is 17.4. The number of hydrogen-bond donors (Lipinski definition) is 0. The van der Waals surface area contributed by atoms with Gasteiger partial charge in [-0.05, 0) is 86.4 Å². The molecule has 0 bridgehead atoms. The molecule has 2 aromatic heterocycles. The van der Waals surface area contributed by atoms with Crippen molar-refractivity contribution in [1.29, 1.82) is 0 Å². The third kappa shape index (κ3) is 11.1. The van der Waals surface area contributed by atoms with Gasteiger partial charge in [-0.2, -0.15) is 4.90 Å². The van der Waals surface area contributed by atoms with Crippen LogP contribution in [0.1, 0.15) is 81.2 Å². The first-order valence-corrected chi connectivity index (χ1v) is 19.1. The second kappa shape index (κ2) is 16.0. The second-order valence-corrected chi connectivity index (χ2v) is 17.8. The Balaban J connectivity index is 1.79. The smallest absolute Gasteiger partial charge is 0.425 e. The number of carbonyl (C=O) groups is 3. The van der Waals surface area contributed by atoms with Crippen LogP contribution in [0.5, 0.6) is 0 Å². The molecule has 4 aromatic rings. The van der Waals surface area contributed by atoms with Crippen molar-refractivity contribution in [3.63, 3.8) is 0 Å². The van der Waals surface area contributed by atoms with Crippen molar-refractivity contribution in [1.82, 2.24) is 20.0 Å². The topological polar surface area (TPSA) is 171 Å². The van der Waals surface area contributed by atoms with E-state index in [2.05, 4.69) is 10.1 Å². The molecule has 4 rings (SSSR count). The van der Waals surface area contributed by atoms with Gasteiger partial charge in [0.25, 0.3) is 0 Å². The monoisotopic (exact) mass is 763 g/mol. The minimum atomic E-state index is -3.46. The number of rotatable bonds is 9. The van der Waals surface area contributed by atoms with E-state index in [9.17, 15) is 22.8 Å². The summed E-state index contributed by atoms with van der Waals surface area (Å²) in [5.74, 6) is -0.175. The molecule has 3 amide bonds. The normalized spacial score (nSPS) is 12.2. The molecule has 0 aliphatic heterocycles. The fourth-order valence-corrected chi connectivity index (χ4v) is 6.24. The summed E-state index contributed by atoms with van der Waals surface area (Å²) in [7, 11) is -1.81. The number of sulfone groups is 1. The average Bonchev–Trinajstić information content (AvgIpc) is 3.53. The number of imide groups is 1. The van der Waals surface area contributed by atoms with Crippen LogP contribution in [0.3, 0.4) is 0 Å². The number of ether oxygens (including phenoxy) is 3. The highest BCUT2D eigenvalue weighted by atomic mass is 32.2. The minimum Gasteiger partial charge on any atom is -0.444 e. The summed E-state index contributed by atoms with van der Waals surface area (Å²) in [6.45, 7) is 17.4. The van der Waals surface area contributed by atoms with Gasteiger partial charge >= 0.3 is 18.3 Å². The van der Waals surface area contributed by atoms with Crippen molar-refractivity contribution in [3.8, 4) is 34.0 Å². The summed E-state index contributed by atoms with van der Waals surface area (Å²) in [5.41, 5.74) is 0.0767. The van der Waals surface area contributed by atoms with Crippen molar-refractivity contribution in [3.05, 3.63) is 66.4 Å². The van der Waals surface area contributed by atoms with Gasteiger partial charge in [-0.25, -0.2) is 32.8 Å². The van der Waals surface area contributed by atoms with Crippen LogP contribution in [0, 0.1) is 0 Å². The van der Waals surface area contributed by atoms with Crippen molar-refractivity contribution >= 4 is 33.9 Å². The fraction of sp³-hybridized carbons (Fsp3) is 0.436. The van der Waals surface area contributed by atoms with Gasteiger partial charge in [0.1, 0.15) is 22.5 Å². The number of hydrogen-bond acceptors (Lipinski definition) is 12. The van der Waals surface area contributed by atoms with Gasteiger partial charge in [0.15, 0.2) is 27.1 Å². The third-order valence-corrected chi connectivity index (χ3v) is 9.15. The number of aromatic nitrogens is 3. The minimum absolute atomic E-state index is 0.00977. The third-order valence-electron chi connectivity index (χ3n) is 7.22. The van der Waals surface area contributed by atoms with Crippen LogP contribution in [0.15, 0.2) is 70.2 Å². The molecule has 14 nitrogen and oxygen atoms in total. The van der Waals surface area contributed by atoms with E-state index in [0.717, 1.165) is 5.56 Å². The molecule has 15 heteroatoms. The molecule has 0 fully saturated rings. The Hall–Kier alpha value is -5.31. The average molecular weight is 764 g/mol. The van der Waals surface area contributed by atoms with Crippen molar-refractivity contribution in [2.45, 2.75) is 104 Å². The lowest BCUT2D eigenvalue weighted by Crippen LogP contribution is -2.44. The molecule has 0 atom stereocenters. The first kappa shape index (κ1) is 41.4. The van der Waals surface area contributed by atoms with Gasteiger partial charge in [-0.15, -0.1) is 0 Å². The Morgan fingerprint density at radius 2 is 1.24 bits per heavy atom. The molecule has 0 aliphatic rings. The van der Waals surface area contributed by atoms with Gasteiger partial charge in [-0.1, -0.05) is 48.5 Å². The Kier molecular flexibility index (Phi) is 12.3. The quantitative estimate of drug-likeness (QED) is 0.149. The summed E-state index contributed by atoms with van der Waals surface area (Å²) in [6.07, 6.45) is -0.744. The van der Waals surface area contributed by atoms with E-state index < -0.39 is 44.9 Å². The maximum atomic E-state index is 13.7. The summed E-state index contributed by atoms with van der Waals surface area (Å²) in [4.78, 5) is 51.3. The number of benzene rings is 2. The van der Waals surface area contributed by atoms with Crippen LogP contribution in [0.2, 0.25) is 0 Å². The number of nitrogens with zero attached hydrogens (tertiary/aromatic N) is 5. The Morgan fingerprint density at radius 1 is 0.741 bits per heavy atom. The first-order chi connectivity index (χ1) is 25.0. The molecule has 0 saturated heterocycles. The van der Waals surface area contributed by atoms with Crippen LogP contribution in [-0.4, -0.2) is 76.3 Å². The molecule has 0 N–H and O–H groups in total. The molecule has 290 valence electrons. The zero-order valence-corrected chi connectivity index (χ0v) is 33.5. The summed E-state index contributed by atoms with van der Waals surface area (Å²) in [6, 6.07) is 15.1. The Labute approximate surface area is 316 Å². The highest BCUT2D eigenvalue weighted by Crippen LogP contribution is 2.35. The maximum Gasteiger partial charge on any atom is 0.425 e. The molecule has 2 heterocycles. The predicted octanol–water partition coefficient (Wildman–Crippen LogP) is 8.69. The van der Waals surface area contributed by atoms with Crippen molar-refractivity contribution in [2.75, 3.05) is 17.7 Å². The van der Waals surface area contributed by atoms with Gasteiger partial charge in [0, 0.05) is 30.8 Å². The van der Waals surface area contributed by atoms with Crippen molar-refractivity contribution < 1.29 is 41.5 Å². The Bertz CT molecular complexity index is 2050. The number of carbonyl (C=O) groups excluding carboxylic acids is 3. The Morgan fingerprint density at radius 3 is 1.76 bits per heavy atom. The molecular formula is C39H49N5O9S. The lowest BCUT2D eigenvalue weighted by atomic mass is 10.1. The molecule has 0 aliphatic carbocycles. The molecule has 0 saturated carbocycles. The summed E-state index contributed by atoms with van der Waals surface area (Å²) >= 11 is 0. The highest BCUT2D eigenvalue weighted by Gasteiger charge is 2.37. The van der Waals surface area contributed by atoms with Crippen LogP contribution in [0.25, 0.3) is 34.0 Å². The van der Waals surface area contributed by atoms with E-state index in [1.807, 2.05) is 24.3 Å². The van der Waals surface area contributed by atoms with Crippen molar-refractivity contribution in [2.24, 2.45) is 0 Å². The molecule has 0 spiro atoms. The SMILES string of the molecule is CCCS(=O)(=O)c1ccc(-c2cnc(N(C(=O)OC(C)(C)C)C(=O)OC(C)(C)C)c(-c3cc(-c4ccc(CN(C)C(=O)OC(C)(C)C)cc4)no3)n2)cc1. The highest BCUT2D eigenvalue weighted by molar-refractivity contribution is 7.91. The van der Waals surface area contributed by atoms with Gasteiger partial charge < -0.3 is 23.6 Å². The number of anilines is 1. The largest absolute Gasteiger partial charge is 0.444 e. The summed E-state index contributed by atoms with van der Waals surface area (Å²) in [5, 5.41) is 4.24. The predicted molar refractivity (Wildman–Crippen MR) is 203 cm³/mol. The zero-order valence-electron chi connectivity index (χ0n) is 32.7. The van der Waals surface area contributed by atoms with E-state index in [1.165, 1.54) is 23.2 Å². The van der Waals surface area contributed by atoms with Gasteiger partial charge in [-0.3, -0.25) is 0 Å². The maximum absolute atomic E-state index is 13.7. The summed E-state index contributed by atoms with van der Waals surface area (Å²) < 4.78 is 47.7. The van der Waals surface area contributed by atoms with Gasteiger partial charge in [0.2, 0.25) is 0 Å². The van der Waals surface area contributed by atoms with Crippen LogP contribution in [-0.2, 0) is 30.6 Å². The van der Waals surface area contributed by atoms with E-state index in [1.54, 1.807) is 94.5 Å². The molecule has 2 aromatic carbocycles. The van der Waals surface area contributed by atoms with Crippen LogP contribution < -0.4 is 4.90 Å². The number of amides is 3. The lowest BCUT2D eigenvalue weighted by molar-refractivity contribution is 0.0283. The van der Waals surface area contributed by atoms with Crippen LogP contribution in [0.4, 0.5) is 20.2 Å². The van der Waals surface area contributed by atoms with Crippen LogP contribution >= 0.6 is 0 Å². The van der Waals surface area contributed by atoms with E-state index in [4.69, 9.17) is 23.7 Å². The molecule has 0 unspecified atom stereocenters. The standard InChI is InChI=1S/C39H49N5O9S/c1-12-21-54(48,49)28-19-17-27(18-20-28)30-23-40-33(44(35(46)51-38(5,6)7)36(47)52-39(8,9)10)32(41-30)31-22-29(42-53-31)26-15-13-25(14-16-26)24-43(11)34(45)50-37(2,3)4/h13-20,22-23H,12,21,24H2,1-11H3. The van der Waals surface area contributed by atoms with E-state index in [-0.39, 0.29) is 33.6 Å². The second-order valence-electron chi connectivity index (χ2n) is 15.7.